The minimum Gasteiger partial charge on any atom is -0.365 e. The van der Waals surface area contributed by atoms with Crippen molar-refractivity contribution in [2.75, 3.05) is 5.32 Å². The highest BCUT2D eigenvalue weighted by Gasteiger charge is 2.18. The van der Waals surface area contributed by atoms with Gasteiger partial charge in [0.1, 0.15) is 11.6 Å². The molecule has 4 rings (SSSR count). The van der Waals surface area contributed by atoms with Crippen LogP contribution < -0.4 is 5.32 Å². The van der Waals surface area contributed by atoms with Crippen molar-refractivity contribution >= 4 is 22.5 Å². The largest absolute Gasteiger partial charge is 0.365 e. The van der Waals surface area contributed by atoms with Crippen molar-refractivity contribution in [2.24, 2.45) is 0 Å². The summed E-state index contributed by atoms with van der Waals surface area (Å²) in [6.45, 7) is 0.567. The topological polar surface area (TPSA) is 57.8 Å². The van der Waals surface area contributed by atoms with Crippen molar-refractivity contribution in [1.82, 2.24) is 9.97 Å². The first-order valence-electron chi connectivity index (χ1n) is 8.26. The number of carbonyl (C=O) groups excluding carboxylic acids is 1. The zero-order valence-corrected chi connectivity index (χ0v) is 13.9. The van der Waals surface area contributed by atoms with E-state index in [2.05, 4.69) is 15.3 Å². The molecule has 4 aromatic rings. The first kappa shape index (κ1) is 16.0. The van der Waals surface area contributed by atoms with E-state index in [1.165, 1.54) is 12.1 Å². The van der Waals surface area contributed by atoms with Crippen LogP contribution in [-0.4, -0.2) is 15.8 Å². The summed E-state index contributed by atoms with van der Waals surface area (Å²) >= 11 is 0. The minimum atomic E-state index is -0.343. The summed E-state index contributed by atoms with van der Waals surface area (Å²) in [5.41, 5.74) is 2.67. The summed E-state index contributed by atoms with van der Waals surface area (Å²) in [5, 5.41) is 3.92. The fraction of sp³-hybridized carbons (Fsp3) is 0.0476. The number of pyridine rings is 1. The van der Waals surface area contributed by atoms with Gasteiger partial charge in [0.05, 0.1) is 5.56 Å². The van der Waals surface area contributed by atoms with Gasteiger partial charge in [0.2, 0.25) is 0 Å². The predicted molar refractivity (Wildman–Crippen MR) is 99.7 cm³/mol. The Balaban J connectivity index is 1.65. The van der Waals surface area contributed by atoms with Gasteiger partial charge in [0.15, 0.2) is 5.78 Å². The maximum absolute atomic E-state index is 13.4. The Bertz CT molecular complexity index is 1070. The van der Waals surface area contributed by atoms with Gasteiger partial charge in [-0.1, -0.05) is 30.3 Å². The van der Waals surface area contributed by atoms with Crippen LogP contribution in [0.5, 0.6) is 0 Å². The number of fused-ring (bicyclic) bond motifs is 1. The van der Waals surface area contributed by atoms with Crippen molar-refractivity contribution < 1.29 is 9.18 Å². The Morgan fingerprint density at radius 2 is 1.88 bits per heavy atom. The van der Waals surface area contributed by atoms with Crippen LogP contribution in [0.2, 0.25) is 0 Å². The summed E-state index contributed by atoms with van der Waals surface area (Å²) < 4.78 is 13.4. The highest BCUT2D eigenvalue weighted by Crippen LogP contribution is 2.24. The van der Waals surface area contributed by atoms with Crippen LogP contribution in [0.3, 0.4) is 0 Å². The van der Waals surface area contributed by atoms with Crippen LogP contribution in [0.25, 0.3) is 10.9 Å². The van der Waals surface area contributed by atoms with Crippen LogP contribution in [0, 0.1) is 5.82 Å². The Morgan fingerprint density at radius 3 is 2.73 bits per heavy atom. The summed E-state index contributed by atoms with van der Waals surface area (Å²) in [4.78, 5) is 20.3. The molecule has 0 amide bonds. The van der Waals surface area contributed by atoms with Crippen molar-refractivity contribution in [3.05, 3.63) is 95.6 Å². The summed E-state index contributed by atoms with van der Waals surface area (Å²) in [7, 11) is 0. The molecule has 0 atom stereocenters. The molecular formula is C21H16FN3O. The van der Waals surface area contributed by atoms with Gasteiger partial charge in [-0.05, 0) is 35.9 Å². The maximum Gasteiger partial charge on any atom is 0.198 e. The molecule has 2 aromatic heterocycles. The molecule has 0 spiro atoms. The number of aromatic amines is 1. The van der Waals surface area contributed by atoms with Crippen LogP contribution >= 0.6 is 0 Å². The molecule has 2 heterocycles. The molecule has 0 unspecified atom stereocenters. The standard InChI is InChI=1S/C21H16FN3O/c22-15-8-9-16-18(13-24-19(16)11-15)20(26)17-7-4-10-23-21(17)25-12-14-5-2-1-3-6-14/h1-11,13,24H,12H2,(H,23,25). The van der Waals surface area contributed by atoms with Crippen molar-refractivity contribution in [2.45, 2.75) is 6.54 Å². The fourth-order valence-corrected chi connectivity index (χ4v) is 2.94. The normalized spacial score (nSPS) is 10.8. The van der Waals surface area contributed by atoms with Crippen LogP contribution in [0.15, 0.2) is 73.1 Å². The molecule has 0 saturated heterocycles. The molecule has 0 saturated carbocycles. The van der Waals surface area contributed by atoms with Crippen LogP contribution in [0.1, 0.15) is 21.5 Å². The van der Waals surface area contributed by atoms with E-state index >= 15 is 0 Å². The third-order valence-corrected chi connectivity index (χ3v) is 4.24. The zero-order chi connectivity index (χ0) is 17.9. The molecule has 26 heavy (non-hydrogen) atoms. The highest BCUT2D eigenvalue weighted by molar-refractivity contribution is 6.18. The number of nitrogens with zero attached hydrogens (tertiary/aromatic N) is 1. The Labute approximate surface area is 149 Å². The minimum absolute atomic E-state index is 0.161. The SMILES string of the molecule is O=C(c1cccnc1NCc1ccccc1)c1c[nH]c2cc(F)ccc12. The van der Waals surface area contributed by atoms with Gasteiger partial charge < -0.3 is 10.3 Å². The van der Waals surface area contributed by atoms with Gasteiger partial charge in [0, 0.05) is 35.4 Å². The van der Waals surface area contributed by atoms with E-state index in [-0.39, 0.29) is 11.6 Å². The lowest BCUT2D eigenvalue weighted by Gasteiger charge is -2.10. The number of benzene rings is 2. The van der Waals surface area contributed by atoms with Crippen molar-refractivity contribution in [3.63, 3.8) is 0 Å². The van der Waals surface area contributed by atoms with E-state index in [1.807, 2.05) is 30.3 Å². The molecule has 2 N–H and O–H groups in total. The Morgan fingerprint density at radius 1 is 1.04 bits per heavy atom. The first-order valence-corrected chi connectivity index (χ1v) is 8.26. The lowest BCUT2D eigenvalue weighted by molar-refractivity contribution is 0.104. The van der Waals surface area contributed by atoms with E-state index in [0.29, 0.717) is 34.4 Å². The lowest BCUT2D eigenvalue weighted by atomic mass is 10.0. The quantitative estimate of drug-likeness (QED) is 0.522. The van der Waals surface area contributed by atoms with E-state index in [9.17, 15) is 9.18 Å². The third-order valence-electron chi connectivity index (χ3n) is 4.24. The summed E-state index contributed by atoms with van der Waals surface area (Å²) in [6.07, 6.45) is 3.26. The predicted octanol–water partition coefficient (Wildman–Crippen LogP) is 4.55. The number of H-pyrrole nitrogens is 1. The Hall–Kier alpha value is -3.47. The monoisotopic (exact) mass is 345 g/mol. The Kier molecular flexibility index (Phi) is 4.19. The smallest absolute Gasteiger partial charge is 0.198 e. The molecule has 5 heteroatoms. The van der Waals surface area contributed by atoms with E-state index in [0.717, 1.165) is 5.56 Å². The second-order valence-electron chi connectivity index (χ2n) is 5.96. The van der Waals surface area contributed by atoms with E-state index in [4.69, 9.17) is 0 Å². The average Bonchev–Trinajstić information content (AvgIpc) is 3.10. The number of carbonyl (C=O) groups is 1. The first-order chi connectivity index (χ1) is 12.7. The summed E-state index contributed by atoms with van der Waals surface area (Å²) in [6, 6.07) is 17.7. The molecule has 128 valence electrons. The van der Waals surface area contributed by atoms with Crippen molar-refractivity contribution in [1.29, 1.82) is 0 Å². The van der Waals surface area contributed by atoms with Gasteiger partial charge in [0.25, 0.3) is 0 Å². The molecule has 0 aliphatic rings. The molecule has 2 aromatic carbocycles. The van der Waals surface area contributed by atoms with E-state index < -0.39 is 0 Å². The second kappa shape index (κ2) is 6.80. The van der Waals surface area contributed by atoms with E-state index in [1.54, 1.807) is 30.6 Å². The molecule has 0 aliphatic heterocycles. The molecule has 4 nitrogen and oxygen atoms in total. The number of aromatic nitrogens is 2. The van der Waals surface area contributed by atoms with Gasteiger partial charge in [-0.15, -0.1) is 0 Å². The van der Waals surface area contributed by atoms with Gasteiger partial charge in [-0.2, -0.15) is 0 Å². The molecule has 0 radical (unpaired) electrons. The number of anilines is 1. The van der Waals surface area contributed by atoms with Crippen LogP contribution in [0.4, 0.5) is 10.2 Å². The lowest BCUT2D eigenvalue weighted by Crippen LogP contribution is -2.09. The zero-order valence-electron chi connectivity index (χ0n) is 13.9. The number of hydrogen-bond donors (Lipinski definition) is 2. The number of hydrogen-bond acceptors (Lipinski definition) is 3. The number of nitrogens with one attached hydrogen (secondary N) is 2. The van der Waals surface area contributed by atoms with Gasteiger partial charge in [-0.25, -0.2) is 9.37 Å². The molecule has 0 fully saturated rings. The molecule has 0 aliphatic carbocycles. The number of halogens is 1. The highest BCUT2D eigenvalue weighted by atomic mass is 19.1. The molecule has 0 bridgehead atoms. The van der Waals surface area contributed by atoms with Crippen LogP contribution in [-0.2, 0) is 6.54 Å². The third kappa shape index (κ3) is 3.07. The fourth-order valence-electron chi connectivity index (χ4n) is 2.94. The molecular weight excluding hydrogens is 329 g/mol. The average molecular weight is 345 g/mol. The summed E-state index contributed by atoms with van der Waals surface area (Å²) in [5.74, 6) is 0.0225. The van der Waals surface area contributed by atoms with Gasteiger partial charge in [-0.3, -0.25) is 4.79 Å². The second-order valence-corrected chi connectivity index (χ2v) is 5.96. The number of rotatable bonds is 5. The van der Waals surface area contributed by atoms with Crippen molar-refractivity contribution in [3.8, 4) is 0 Å². The maximum atomic E-state index is 13.4. The number of ketones is 1. The van der Waals surface area contributed by atoms with Gasteiger partial charge >= 0.3 is 0 Å².